The van der Waals surface area contributed by atoms with Gasteiger partial charge in [-0.25, -0.2) is 0 Å². The highest BCUT2D eigenvalue weighted by Gasteiger charge is 2.46. The molecule has 8 heteroatoms. The fourth-order valence-electron chi connectivity index (χ4n) is 3.88. The summed E-state index contributed by atoms with van der Waals surface area (Å²) in [5.41, 5.74) is 3.26. The standard InChI is InChI=1S/C22H22Cl2N2O4/c1-13(14-2-4-15(23)5-3-14)26-21-16-10-11-25-12-22(17(16)6-7-18(21)24)29-19(27)8-9-20(28)30-22/h2-7,13,25-26H,8-12H2,1H3. The zero-order valence-electron chi connectivity index (χ0n) is 16.5. The van der Waals surface area contributed by atoms with Crippen molar-refractivity contribution in [2.24, 2.45) is 0 Å². The smallest absolute Gasteiger partial charge is 0.309 e. The van der Waals surface area contributed by atoms with E-state index in [1.807, 2.05) is 31.2 Å². The molecule has 0 bridgehead atoms. The lowest BCUT2D eigenvalue weighted by atomic mass is 9.95. The lowest BCUT2D eigenvalue weighted by molar-refractivity contribution is -0.225. The van der Waals surface area contributed by atoms with E-state index in [4.69, 9.17) is 32.7 Å². The van der Waals surface area contributed by atoms with Crippen LogP contribution in [0.3, 0.4) is 0 Å². The molecular weight excluding hydrogens is 427 g/mol. The Balaban J connectivity index is 1.76. The first kappa shape index (κ1) is 21.0. The maximum absolute atomic E-state index is 12.2. The first-order valence-corrected chi connectivity index (χ1v) is 10.6. The molecule has 0 aliphatic carbocycles. The monoisotopic (exact) mass is 448 g/mol. The summed E-state index contributed by atoms with van der Waals surface area (Å²) in [6, 6.07) is 11.0. The molecule has 2 aromatic rings. The van der Waals surface area contributed by atoms with E-state index in [1.54, 1.807) is 12.1 Å². The third-order valence-electron chi connectivity index (χ3n) is 5.40. The summed E-state index contributed by atoms with van der Waals surface area (Å²) < 4.78 is 11.4. The molecule has 0 radical (unpaired) electrons. The molecule has 1 saturated heterocycles. The molecule has 2 heterocycles. The number of benzene rings is 2. The molecule has 2 aliphatic heterocycles. The Labute approximate surface area is 184 Å². The number of fused-ring (bicyclic) bond motifs is 2. The lowest BCUT2D eigenvalue weighted by Gasteiger charge is -2.32. The number of anilines is 1. The number of halogens is 2. The van der Waals surface area contributed by atoms with Crippen LogP contribution in [0.2, 0.25) is 10.0 Å². The van der Waals surface area contributed by atoms with Crippen molar-refractivity contribution >= 4 is 40.8 Å². The van der Waals surface area contributed by atoms with Crippen LogP contribution in [0, 0.1) is 0 Å². The number of rotatable bonds is 3. The summed E-state index contributed by atoms with van der Waals surface area (Å²) >= 11 is 12.6. The SMILES string of the molecule is CC(Nc1c(Cl)ccc2c1CCNCC21OC(=O)CCC(=O)O1)c1ccc(Cl)cc1. The van der Waals surface area contributed by atoms with E-state index >= 15 is 0 Å². The number of esters is 2. The number of hydrogen-bond acceptors (Lipinski definition) is 6. The van der Waals surface area contributed by atoms with E-state index in [9.17, 15) is 9.59 Å². The van der Waals surface area contributed by atoms with E-state index in [2.05, 4.69) is 10.6 Å². The van der Waals surface area contributed by atoms with Gasteiger partial charge >= 0.3 is 11.9 Å². The molecule has 2 aliphatic rings. The Kier molecular flexibility index (Phi) is 5.91. The number of ether oxygens (including phenoxy) is 2. The molecule has 2 aromatic carbocycles. The molecule has 1 unspecified atom stereocenters. The third-order valence-corrected chi connectivity index (χ3v) is 5.97. The van der Waals surface area contributed by atoms with Crippen molar-refractivity contribution < 1.29 is 19.1 Å². The Hall–Kier alpha value is -2.28. The summed E-state index contributed by atoms with van der Waals surface area (Å²) in [5, 5.41) is 7.91. The molecule has 30 heavy (non-hydrogen) atoms. The van der Waals surface area contributed by atoms with Gasteiger partial charge in [-0.15, -0.1) is 0 Å². The normalized spacial score (nSPS) is 19.2. The first-order chi connectivity index (χ1) is 14.4. The molecular formula is C22H22Cl2N2O4. The zero-order chi connectivity index (χ0) is 21.3. The van der Waals surface area contributed by atoms with Crippen molar-refractivity contribution in [3.05, 3.63) is 63.1 Å². The minimum Gasteiger partial charge on any atom is -0.416 e. The molecule has 4 rings (SSSR count). The fraction of sp³-hybridized carbons (Fsp3) is 0.364. The van der Waals surface area contributed by atoms with Crippen LogP contribution < -0.4 is 10.6 Å². The Morgan fingerprint density at radius 1 is 1.00 bits per heavy atom. The minimum atomic E-state index is -1.50. The van der Waals surface area contributed by atoms with Crippen molar-refractivity contribution in [3.8, 4) is 0 Å². The van der Waals surface area contributed by atoms with Crippen molar-refractivity contribution in [1.29, 1.82) is 0 Å². The number of nitrogens with one attached hydrogen (secondary N) is 2. The van der Waals surface area contributed by atoms with Crippen LogP contribution in [0.5, 0.6) is 0 Å². The van der Waals surface area contributed by atoms with Crippen LogP contribution in [0.15, 0.2) is 36.4 Å². The number of carbonyl (C=O) groups excluding carboxylic acids is 2. The fourth-order valence-corrected chi connectivity index (χ4v) is 4.24. The summed E-state index contributed by atoms with van der Waals surface area (Å²) in [7, 11) is 0. The first-order valence-electron chi connectivity index (χ1n) is 9.86. The van der Waals surface area contributed by atoms with E-state index < -0.39 is 17.7 Å². The molecule has 1 fully saturated rings. The van der Waals surface area contributed by atoms with Crippen LogP contribution in [-0.4, -0.2) is 25.0 Å². The van der Waals surface area contributed by atoms with Gasteiger partial charge in [0, 0.05) is 16.6 Å². The number of carbonyl (C=O) groups is 2. The van der Waals surface area contributed by atoms with Crippen LogP contribution >= 0.6 is 23.2 Å². The average molecular weight is 449 g/mol. The van der Waals surface area contributed by atoms with Gasteiger partial charge in [0.05, 0.1) is 30.1 Å². The van der Waals surface area contributed by atoms with Crippen molar-refractivity contribution in [3.63, 3.8) is 0 Å². The molecule has 1 spiro atoms. The van der Waals surface area contributed by atoms with Gasteiger partial charge in [-0.2, -0.15) is 0 Å². The maximum Gasteiger partial charge on any atom is 0.309 e. The topological polar surface area (TPSA) is 76.7 Å². The van der Waals surface area contributed by atoms with Gasteiger partial charge in [0.1, 0.15) is 0 Å². The summed E-state index contributed by atoms with van der Waals surface area (Å²) in [4.78, 5) is 24.5. The molecule has 2 N–H and O–H groups in total. The summed E-state index contributed by atoms with van der Waals surface area (Å²) in [6.45, 7) is 2.83. The quantitative estimate of drug-likeness (QED) is 0.679. The van der Waals surface area contributed by atoms with Crippen LogP contribution in [-0.2, 0) is 31.3 Å². The highest BCUT2D eigenvalue weighted by Crippen LogP contribution is 2.41. The van der Waals surface area contributed by atoms with Gasteiger partial charge in [0.2, 0.25) is 0 Å². The lowest BCUT2D eigenvalue weighted by Crippen LogP contribution is -2.43. The van der Waals surface area contributed by atoms with Crippen molar-refractivity contribution in [2.45, 2.75) is 38.0 Å². The highest BCUT2D eigenvalue weighted by atomic mass is 35.5. The van der Waals surface area contributed by atoms with Gasteiger partial charge in [-0.3, -0.25) is 9.59 Å². The predicted molar refractivity (Wildman–Crippen MR) is 115 cm³/mol. The molecule has 158 valence electrons. The largest absolute Gasteiger partial charge is 0.416 e. The second-order valence-corrected chi connectivity index (χ2v) is 8.34. The van der Waals surface area contributed by atoms with Crippen LogP contribution in [0.1, 0.15) is 42.5 Å². The van der Waals surface area contributed by atoms with Gasteiger partial charge in [-0.1, -0.05) is 35.3 Å². The summed E-state index contributed by atoms with van der Waals surface area (Å²) in [6.07, 6.45) is 0.632. The Morgan fingerprint density at radius 3 is 2.33 bits per heavy atom. The van der Waals surface area contributed by atoms with E-state index in [0.717, 1.165) is 16.8 Å². The van der Waals surface area contributed by atoms with Crippen molar-refractivity contribution in [2.75, 3.05) is 18.4 Å². The molecule has 6 nitrogen and oxygen atoms in total. The maximum atomic E-state index is 12.2. The van der Waals surface area contributed by atoms with E-state index in [0.29, 0.717) is 28.6 Å². The van der Waals surface area contributed by atoms with Gasteiger partial charge in [-0.05, 0) is 55.3 Å². The van der Waals surface area contributed by atoms with Crippen LogP contribution in [0.25, 0.3) is 0 Å². The molecule has 0 amide bonds. The van der Waals surface area contributed by atoms with Gasteiger partial charge < -0.3 is 20.1 Å². The molecule has 0 saturated carbocycles. The summed E-state index contributed by atoms with van der Waals surface area (Å²) in [5.74, 6) is -2.43. The van der Waals surface area contributed by atoms with Crippen LogP contribution in [0.4, 0.5) is 5.69 Å². The van der Waals surface area contributed by atoms with Gasteiger partial charge in [0.15, 0.2) is 0 Å². The van der Waals surface area contributed by atoms with Crippen molar-refractivity contribution in [1.82, 2.24) is 5.32 Å². The molecule has 0 aromatic heterocycles. The second kappa shape index (κ2) is 8.46. The molecule has 1 atom stereocenters. The minimum absolute atomic E-state index is 0.00220. The van der Waals surface area contributed by atoms with E-state index in [1.165, 1.54) is 0 Å². The predicted octanol–water partition coefficient (Wildman–Crippen LogP) is 4.35. The zero-order valence-corrected chi connectivity index (χ0v) is 18.0. The Morgan fingerprint density at radius 2 is 1.67 bits per heavy atom. The number of hydrogen-bond donors (Lipinski definition) is 2. The van der Waals surface area contributed by atoms with E-state index in [-0.39, 0.29) is 25.4 Å². The van der Waals surface area contributed by atoms with Gasteiger partial charge in [0.25, 0.3) is 5.79 Å². The Bertz CT molecular complexity index is 960. The average Bonchev–Trinajstić information content (AvgIpc) is 2.97. The third kappa shape index (κ3) is 4.13. The second-order valence-electron chi connectivity index (χ2n) is 7.49. The highest BCUT2D eigenvalue weighted by molar-refractivity contribution is 6.33.